The lowest BCUT2D eigenvalue weighted by Gasteiger charge is -2.34. The number of amides is 1. The summed E-state index contributed by atoms with van der Waals surface area (Å²) in [5, 5.41) is 3.20. The predicted molar refractivity (Wildman–Crippen MR) is 114 cm³/mol. The number of anilines is 1. The number of pyridine rings is 2. The zero-order valence-corrected chi connectivity index (χ0v) is 18.1. The van der Waals surface area contributed by atoms with Gasteiger partial charge >= 0.3 is 6.18 Å². The fraction of sp³-hybridized carbons (Fsp3) is 0.348. The van der Waals surface area contributed by atoms with Crippen LogP contribution in [0.2, 0.25) is 0 Å². The zero-order valence-electron chi connectivity index (χ0n) is 18.1. The van der Waals surface area contributed by atoms with Crippen LogP contribution in [0.1, 0.15) is 34.3 Å². The minimum atomic E-state index is -4.45. The molecule has 0 spiro atoms. The van der Waals surface area contributed by atoms with Gasteiger partial charge in [-0.25, -0.2) is 19.3 Å². The van der Waals surface area contributed by atoms with Gasteiger partial charge in [0.1, 0.15) is 11.5 Å². The second-order valence-electron chi connectivity index (χ2n) is 8.68. The highest BCUT2D eigenvalue weighted by molar-refractivity contribution is 5.99. The molecule has 7 nitrogen and oxygen atoms in total. The molecule has 1 saturated carbocycles. The molecule has 3 aromatic heterocycles. The number of rotatable bonds is 4. The number of fused-ring (bicyclic) bond motifs is 2. The first kappa shape index (κ1) is 22.2. The summed E-state index contributed by atoms with van der Waals surface area (Å²) >= 11 is 0. The third kappa shape index (κ3) is 4.17. The molecule has 2 bridgehead atoms. The second kappa shape index (κ2) is 8.30. The molecule has 3 aromatic rings. The van der Waals surface area contributed by atoms with Crippen molar-refractivity contribution in [1.82, 2.24) is 24.8 Å². The molecule has 1 N–H and O–H groups in total. The molecule has 11 heteroatoms. The number of aromatic nitrogens is 4. The van der Waals surface area contributed by atoms with Crippen LogP contribution in [0.15, 0.2) is 43.0 Å². The number of piperidine rings is 1. The molecular formula is C23H20F4N6O. The minimum absolute atomic E-state index is 0.143. The molecule has 0 radical (unpaired) electrons. The molecular weight excluding hydrogens is 452 g/mol. The number of hydrogen-bond acceptors (Lipinski definition) is 6. The van der Waals surface area contributed by atoms with Crippen LogP contribution in [-0.4, -0.2) is 49.4 Å². The SMILES string of the molecule is Cc1cnc(-c2ncc(F)cn2)c(C(=O)N2CC3CC(Nc4ccc(C(F)(F)F)cn4)C2C3)c1. The lowest BCUT2D eigenvalue weighted by Crippen LogP contribution is -2.48. The summed E-state index contributed by atoms with van der Waals surface area (Å²) in [4.78, 5) is 31.5. The average Bonchev–Trinajstić information content (AvgIpc) is 3.40. The Morgan fingerprint density at radius 1 is 1.06 bits per heavy atom. The van der Waals surface area contributed by atoms with Gasteiger partial charge in [0.15, 0.2) is 11.6 Å². The van der Waals surface area contributed by atoms with Crippen molar-refractivity contribution in [2.75, 3.05) is 11.9 Å². The van der Waals surface area contributed by atoms with Gasteiger partial charge in [0.25, 0.3) is 5.91 Å². The number of likely N-dealkylation sites (tertiary alicyclic amines) is 1. The van der Waals surface area contributed by atoms with E-state index in [9.17, 15) is 22.4 Å². The summed E-state index contributed by atoms with van der Waals surface area (Å²) in [7, 11) is 0. The molecule has 34 heavy (non-hydrogen) atoms. The van der Waals surface area contributed by atoms with E-state index in [0.717, 1.165) is 43.1 Å². The van der Waals surface area contributed by atoms with Crippen LogP contribution in [0.5, 0.6) is 0 Å². The number of aryl methyl sites for hydroxylation is 1. The van der Waals surface area contributed by atoms with E-state index in [1.807, 2.05) is 6.92 Å². The Balaban J connectivity index is 1.38. The van der Waals surface area contributed by atoms with E-state index >= 15 is 0 Å². The van der Waals surface area contributed by atoms with Gasteiger partial charge in [-0.05, 0) is 49.4 Å². The maximum atomic E-state index is 13.6. The van der Waals surface area contributed by atoms with E-state index in [2.05, 4.69) is 25.3 Å². The molecule has 4 heterocycles. The van der Waals surface area contributed by atoms with Crippen LogP contribution in [0.3, 0.4) is 0 Å². The molecule has 5 rings (SSSR count). The van der Waals surface area contributed by atoms with Crippen LogP contribution in [-0.2, 0) is 6.18 Å². The third-order valence-electron chi connectivity index (χ3n) is 6.25. The second-order valence-corrected chi connectivity index (χ2v) is 8.68. The number of alkyl halides is 3. The van der Waals surface area contributed by atoms with E-state index in [1.54, 1.807) is 17.2 Å². The molecule has 1 aliphatic carbocycles. The Labute approximate surface area is 192 Å². The van der Waals surface area contributed by atoms with Crippen molar-refractivity contribution in [1.29, 1.82) is 0 Å². The fourth-order valence-corrected chi connectivity index (χ4v) is 4.75. The van der Waals surface area contributed by atoms with Crippen LogP contribution < -0.4 is 5.32 Å². The van der Waals surface area contributed by atoms with E-state index in [1.165, 1.54) is 6.07 Å². The highest BCUT2D eigenvalue weighted by Gasteiger charge is 2.47. The first-order valence-electron chi connectivity index (χ1n) is 10.7. The first-order valence-corrected chi connectivity index (χ1v) is 10.7. The Bertz CT molecular complexity index is 1220. The highest BCUT2D eigenvalue weighted by Crippen LogP contribution is 2.40. The highest BCUT2D eigenvalue weighted by atomic mass is 19.4. The van der Waals surface area contributed by atoms with E-state index in [-0.39, 0.29) is 35.4 Å². The van der Waals surface area contributed by atoms with Crippen LogP contribution in [0.4, 0.5) is 23.4 Å². The van der Waals surface area contributed by atoms with Gasteiger partial charge in [-0.2, -0.15) is 13.2 Å². The molecule has 176 valence electrons. The minimum Gasteiger partial charge on any atom is -0.365 e. The Morgan fingerprint density at radius 2 is 1.82 bits per heavy atom. The molecule has 3 unspecified atom stereocenters. The lowest BCUT2D eigenvalue weighted by molar-refractivity contribution is -0.137. The smallest absolute Gasteiger partial charge is 0.365 e. The molecule has 1 saturated heterocycles. The number of hydrogen-bond donors (Lipinski definition) is 1. The van der Waals surface area contributed by atoms with Gasteiger partial charge in [0, 0.05) is 25.0 Å². The number of nitrogens with one attached hydrogen (secondary N) is 1. The largest absolute Gasteiger partial charge is 0.417 e. The molecule has 1 aliphatic heterocycles. The third-order valence-corrected chi connectivity index (χ3v) is 6.25. The van der Waals surface area contributed by atoms with E-state index in [4.69, 9.17) is 0 Å². The predicted octanol–water partition coefficient (Wildman–Crippen LogP) is 4.12. The van der Waals surface area contributed by atoms with Gasteiger partial charge < -0.3 is 10.2 Å². The van der Waals surface area contributed by atoms with Crippen molar-refractivity contribution in [3.8, 4) is 11.5 Å². The van der Waals surface area contributed by atoms with Crippen LogP contribution >= 0.6 is 0 Å². The van der Waals surface area contributed by atoms with Gasteiger partial charge in [-0.3, -0.25) is 9.78 Å². The van der Waals surface area contributed by atoms with Crippen molar-refractivity contribution in [2.24, 2.45) is 5.92 Å². The Morgan fingerprint density at radius 3 is 2.47 bits per heavy atom. The number of halogens is 4. The summed E-state index contributed by atoms with van der Waals surface area (Å²) in [5.74, 6) is -0.0811. The normalized spacial score (nSPS) is 21.7. The van der Waals surface area contributed by atoms with E-state index < -0.39 is 17.6 Å². The molecule has 0 aromatic carbocycles. The lowest BCUT2D eigenvalue weighted by atomic mass is 10.0. The van der Waals surface area contributed by atoms with Crippen molar-refractivity contribution >= 4 is 11.7 Å². The Kier molecular flexibility index (Phi) is 5.41. The molecule has 2 aliphatic rings. The monoisotopic (exact) mass is 472 g/mol. The number of carbonyl (C=O) groups is 1. The van der Waals surface area contributed by atoms with Crippen molar-refractivity contribution < 1.29 is 22.4 Å². The standard InChI is InChI=1S/C23H20F4N6O/c1-12-4-16(20(29-7-12)21-30-9-15(24)10-31-21)22(34)33-11-13-5-17(18(33)6-13)32-19-3-2-14(8-28-19)23(25,26)27/h2-4,7-10,13,17-18H,5-6,11H2,1H3,(H,28,32). The first-order chi connectivity index (χ1) is 16.2. The van der Waals surface area contributed by atoms with E-state index in [0.29, 0.717) is 17.9 Å². The fourth-order valence-electron chi connectivity index (χ4n) is 4.75. The average molecular weight is 472 g/mol. The van der Waals surface area contributed by atoms with Crippen molar-refractivity contribution in [2.45, 2.75) is 38.0 Å². The zero-order chi connectivity index (χ0) is 24.0. The number of carbonyl (C=O) groups excluding carboxylic acids is 1. The van der Waals surface area contributed by atoms with Gasteiger partial charge in [0.05, 0.1) is 29.6 Å². The summed E-state index contributed by atoms with van der Waals surface area (Å²) in [6.07, 6.45) is 1.55. The quantitative estimate of drug-likeness (QED) is 0.576. The summed E-state index contributed by atoms with van der Waals surface area (Å²) in [6.45, 7) is 2.38. The molecule has 2 fully saturated rings. The summed E-state index contributed by atoms with van der Waals surface area (Å²) in [6, 6.07) is 3.71. The van der Waals surface area contributed by atoms with Gasteiger partial charge in [-0.15, -0.1) is 0 Å². The summed E-state index contributed by atoms with van der Waals surface area (Å²) in [5.41, 5.74) is 0.560. The molecule has 3 atom stereocenters. The Hall–Kier alpha value is -3.63. The topological polar surface area (TPSA) is 83.9 Å². The number of nitrogens with zero attached hydrogens (tertiary/aromatic N) is 5. The van der Waals surface area contributed by atoms with Crippen molar-refractivity contribution in [3.05, 3.63) is 65.5 Å². The summed E-state index contributed by atoms with van der Waals surface area (Å²) < 4.78 is 51.7. The van der Waals surface area contributed by atoms with Gasteiger partial charge in [-0.1, -0.05) is 0 Å². The molecule has 1 amide bonds. The van der Waals surface area contributed by atoms with Crippen LogP contribution in [0.25, 0.3) is 11.5 Å². The van der Waals surface area contributed by atoms with Crippen molar-refractivity contribution in [3.63, 3.8) is 0 Å². The van der Waals surface area contributed by atoms with Gasteiger partial charge in [0.2, 0.25) is 0 Å². The maximum absolute atomic E-state index is 13.6. The van der Waals surface area contributed by atoms with Crippen LogP contribution in [0, 0.1) is 18.7 Å². The maximum Gasteiger partial charge on any atom is 0.417 e.